The number of aromatic nitrogens is 2. The monoisotopic (exact) mass is 284 g/mol. The fraction of sp³-hybridized carbons (Fsp3) is 0.294. The average molecular weight is 284 g/mol. The number of nitrogens with zero attached hydrogens (tertiary/aromatic N) is 2. The molecule has 1 aliphatic rings. The summed E-state index contributed by atoms with van der Waals surface area (Å²) in [5.41, 5.74) is 2.48. The first kappa shape index (κ1) is 13.7. The second-order valence-corrected chi connectivity index (χ2v) is 5.43. The number of aliphatic hydroxyl groups is 1. The summed E-state index contributed by atoms with van der Waals surface area (Å²) in [4.78, 5) is 8.64. The van der Waals surface area contributed by atoms with Crippen LogP contribution in [0.15, 0.2) is 42.4 Å². The van der Waals surface area contributed by atoms with Gasteiger partial charge < -0.3 is 5.11 Å². The molecule has 0 aliphatic heterocycles. The van der Waals surface area contributed by atoms with Gasteiger partial charge in [0.1, 0.15) is 5.82 Å². The molecule has 2 aromatic rings. The Labute approximate surface area is 123 Å². The van der Waals surface area contributed by atoms with Crippen molar-refractivity contribution in [1.29, 1.82) is 0 Å². The molecule has 0 atom stereocenters. The van der Waals surface area contributed by atoms with Gasteiger partial charge in [0.15, 0.2) is 0 Å². The van der Waals surface area contributed by atoms with E-state index in [0.717, 1.165) is 24.1 Å². The minimum atomic E-state index is -0.239. The van der Waals surface area contributed by atoms with E-state index >= 15 is 0 Å². The second-order valence-electron chi connectivity index (χ2n) is 5.43. The summed E-state index contributed by atoms with van der Waals surface area (Å²) in [5.74, 6) is 0.462. The first-order chi connectivity index (χ1) is 10.2. The van der Waals surface area contributed by atoms with Crippen LogP contribution in [-0.4, -0.2) is 15.1 Å². The van der Waals surface area contributed by atoms with Crippen LogP contribution in [0.25, 0.3) is 6.08 Å². The molecule has 0 bridgehead atoms. The predicted molar refractivity (Wildman–Crippen MR) is 79.2 cm³/mol. The normalized spacial score (nSPS) is 15.8. The highest BCUT2D eigenvalue weighted by atomic mass is 19.1. The van der Waals surface area contributed by atoms with Crippen LogP contribution in [0.4, 0.5) is 4.39 Å². The molecule has 3 rings (SSSR count). The third-order valence-corrected chi connectivity index (χ3v) is 3.84. The fourth-order valence-electron chi connectivity index (χ4n) is 2.32. The maximum atomic E-state index is 12.8. The Bertz CT molecular complexity index is 631. The smallest absolute Gasteiger partial charge is 0.123 e. The highest BCUT2D eigenvalue weighted by molar-refractivity contribution is 5.46. The summed E-state index contributed by atoms with van der Waals surface area (Å²) in [7, 11) is 0. The van der Waals surface area contributed by atoms with E-state index in [1.807, 2.05) is 0 Å². The first-order valence-corrected chi connectivity index (χ1v) is 7.16. The van der Waals surface area contributed by atoms with E-state index in [0.29, 0.717) is 23.8 Å². The maximum absolute atomic E-state index is 12.8. The number of halogens is 1. The maximum Gasteiger partial charge on any atom is 0.123 e. The third-order valence-electron chi connectivity index (χ3n) is 3.84. The Morgan fingerprint density at radius 2 is 1.95 bits per heavy atom. The van der Waals surface area contributed by atoms with Crippen LogP contribution in [0.2, 0.25) is 0 Å². The van der Waals surface area contributed by atoms with Gasteiger partial charge in [-0.25, -0.2) is 4.39 Å². The highest BCUT2D eigenvalue weighted by Crippen LogP contribution is 2.32. The van der Waals surface area contributed by atoms with Gasteiger partial charge in [-0.3, -0.25) is 9.97 Å². The Kier molecular flexibility index (Phi) is 3.95. The number of rotatable bonds is 4. The summed E-state index contributed by atoms with van der Waals surface area (Å²) < 4.78 is 12.8. The van der Waals surface area contributed by atoms with Gasteiger partial charge in [-0.05, 0) is 30.5 Å². The van der Waals surface area contributed by atoms with Crippen molar-refractivity contribution in [2.24, 2.45) is 5.92 Å². The van der Waals surface area contributed by atoms with Crippen molar-refractivity contribution in [2.75, 3.05) is 0 Å². The molecule has 1 aromatic carbocycles. The molecule has 1 saturated carbocycles. The standard InChI is InChI=1S/C17H17FN2O/c18-14-6-4-12(5-7-14)8-15-10-20-16(11-19-15)9-17(21)13-2-1-3-13/h4-7,9-11,13,21H,1-3,8H2/b17-9-. The quantitative estimate of drug-likeness (QED) is 0.866. The van der Waals surface area contributed by atoms with E-state index < -0.39 is 0 Å². The molecule has 0 radical (unpaired) electrons. The molecule has 3 nitrogen and oxygen atoms in total. The zero-order valence-electron chi connectivity index (χ0n) is 11.7. The topological polar surface area (TPSA) is 46.0 Å². The second kappa shape index (κ2) is 6.04. The molecule has 1 fully saturated rings. The Morgan fingerprint density at radius 3 is 2.52 bits per heavy atom. The van der Waals surface area contributed by atoms with Crippen molar-refractivity contribution in [2.45, 2.75) is 25.7 Å². The molecule has 0 saturated heterocycles. The summed E-state index contributed by atoms with van der Waals surface area (Å²) in [6.07, 6.45) is 8.96. The van der Waals surface area contributed by atoms with Gasteiger partial charge >= 0.3 is 0 Å². The summed E-state index contributed by atoms with van der Waals surface area (Å²) in [6.45, 7) is 0. The van der Waals surface area contributed by atoms with Crippen LogP contribution in [0.5, 0.6) is 0 Å². The van der Waals surface area contributed by atoms with Crippen molar-refractivity contribution in [3.05, 3.63) is 65.2 Å². The summed E-state index contributed by atoms with van der Waals surface area (Å²) in [5, 5.41) is 9.91. The lowest BCUT2D eigenvalue weighted by molar-refractivity contribution is 0.250. The van der Waals surface area contributed by atoms with Gasteiger partial charge in [0.25, 0.3) is 0 Å². The molecular weight excluding hydrogens is 267 g/mol. The molecule has 21 heavy (non-hydrogen) atoms. The van der Waals surface area contributed by atoms with E-state index in [1.165, 1.54) is 18.6 Å². The molecule has 1 heterocycles. The Balaban J connectivity index is 1.67. The highest BCUT2D eigenvalue weighted by Gasteiger charge is 2.21. The first-order valence-electron chi connectivity index (χ1n) is 7.16. The van der Waals surface area contributed by atoms with Crippen molar-refractivity contribution in [3.8, 4) is 0 Å². The molecule has 4 heteroatoms. The molecule has 1 N–H and O–H groups in total. The van der Waals surface area contributed by atoms with Gasteiger partial charge in [-0.15, -0.1) is 0 Å². The lowest BCUT2D eigenvalue weighted by atomic mass is 9.83. The molecule has 0 unspecified atom stereocenters. The lowest BCUT2D eigenvalue weighted by Crippen LogP contribution is -2.13. The van der Waals surface area contributed by atoms with E-state index in [-0.39, 0.29) is 5.82 Å². The van der Waals surface area contributed by atoms with Crippen molar-refractivity contribution in [3.63, 3.8) is 0 Å². The van der Waals surface area contributed by atoms with Crippen molar-refractivity contribution in [1.82, 2.24) is 9.97 Å². The van der Waals surface area contributed by atoms with E-state index in [1.54, 1.807) is 30.6 Å². The number of aliphatic hydroxyl groups excluding tert-OH is 1. The fourth-order valence-corrected chi connectivity index (χ4v) is 2.32. The number of allylic oxidation sites excluding steroid dienone is 1. The number of hydrogen-bond donors (Lipinski definition) is 1. The third kappa shape index (κ3) is 3.45. The largest absolute Gasteiger partial charge is 0.512 e. The van der Waals surface area contributed by atoms with Gasteiger partial charge in [0.2, 0.25) is 0 Å². The molecule has 0 amide bonds. The van der Waals surface area contributed by atoms with Crippen molar-refractivity contribution >= 4 is 6.08 Å². The average Bonchev–Trinajstić information content (AvgIpc) is 2.41. The van der Waals surface area contributed by atoms with Gasteiger partial charge in [-0.1, -0.05) is 18.6 Å². The SMILES string of the molecule is O/C(=C\c1cnc(Cc2ccc(F)cc2)cn1)C1CCC1. The van der Waals surface area contributed by atoms with Crippen LogP contribution < -0.4 is 0 Å². The molecular formula is C17H17FN2O. The minimum absolute atomic E-state index is 0.239. The van der Waals surface area contributed by atoms with E-state index in [4.69, 9.17) is 0 Å². The zero-order valence-corrected chi connectivity index (χ0v) is 11.7. The van der Waals surface area contributed by atoms with Gasteiger partial charge in [0, 0.05) is 24.6 Å². The molecule has 1 aromatic heterocycles. The van der Waals surface area contributed by atoms with Crippen LogP contribution in [0.3, 0.4) is 0 Å². The minimum Gasteiger partial charge on any atom is -0.512 e. The predicted octanol–water partition coefficient (Wildman–Crippen LogP) is 3.91. The molecule has 108 valence electrons. The Hall–Kier alpha value is -2.23. The van der Waals surface area contributed by atoms with Crippen LogP contribution in [-0.2, 0) is 6.42 Å². The van der Waals surface area contributed by atoms with Crippen LogP contribution in [0, 0.1) is 11.7 Å². The van der Waals surface area contributed by atoms with Gasteiger partial charge in [0.05, 0.1) is 23.3 Å². The number of benzene rings is 1. The van der Waals surface area contributed by atoms with E-state index in [9.17, 15) is 9.50 Å². The summed E-state index contributed by atoms with van der Waals surface area (Å²) in [6, 6.07) is 6.37. The van der Waals surface area contributed by atoms with Crippen LogP contribution in [0.1, 0.15) is 36.2 Å². The zero-order chi connectivity index (χ0) is 14.7. The van der Waals surface area contributed by atoms with E-state index in [2.05, 4.69) is 9.97 Å². The van der Waals surface area contributed by atoms with Crippen molar-refractivity contribution < 1.29 is 9.50 Å². The molecule has 0 spiro atoms. The number of hydrogen-bond acceptors (Lipinski definition) is 3. The lowest BCUT2D eigenvalue weighted by Gasteiger charge is -2.24. The van der Waals surface area contributed by atoms with Crippen LogP contribution >= 0.6 is 0 Å². The summed E-state index contributed by atoms with van der Waals surface area (Å²) >= 11 is 0. The Morgan fingerprint density at radius 1 is 1.19 bits per heavy atom. The molecule has 1 aliphatic carbocycles. The van der Waals surface area contributed by atoms with Gasteiger partial charge in [-0.2, -0.15) is 0 Å².